The van der Waals surface area contributed by atoms with Crippen molar-refractivity contribution in [3.8, 4) is 11.5 Å². The second-order valence-electron chi connectivity index (χ2n) is 3.87. The number of rotatable bonds is 5. The van der Waals surface area contributed by atoms with Gasteiger partial charge in [0.2, 0.25) is 0 Å². The largest absolute Gasteiger partial charge is 0.497 e. The smallest absolute Gasteiger partial charge is 0.142 e. The van der Waals surface area contributed by atoms with Gasteiger partial charge in [-0.05, 0) is 40.2 Å². The summed E-state index contributed by atoms with van der Waals surface area (Å²) in [6.07, 6.45) is 0. The molecule has 0 radical (unpaired) electrons. The van der Waals surface area contributed by atoms with E-state index in [1.165, 1.54) is 0 Å². The maximum Gasteiger partial charge on any atom is 0.142 e. The molecule has 2 rings (SSSR count). The van der Waals surface area contributed by atoms with Gasteiger partial charge in [-0.15, -0.1) is 0 Å². The Hall–Kier alpha value is -1.75. The van der Waals surface area contributed by atoms with Gasteiger partial charge in [-0.3, -0.25) is 0 Å². The van der Waals surface area contributed by atoms with Crippen molar-refractivity contribution in [1.29, 1.82) is 0 Å². The van der Waals surface area contributed by atoms with Crippen molar-refractivity contribution < 1.29 is 9.47 Å². The highest BCUT2D eigenvalue weighted by molar-refractivity contribution is 9.10. The topological polar surface area (TPSA) is 43.4 Å². The molecule has 1 N–H and O–H groups in total. The molecule has 0 saturated heterocycles. The van der Waals surface area contributed by atoms with Gasteiger partial charge in [-0.25, -0.2) is 4.98 Å². The van der Waals surface area contributed by atoms with Crippen molar-refractivity contribution in [2.75, 3.05) is 19.5 Å². The first-order chi connectivity index (χ1) is 9.22. The summed E-state index contributed by atoms with van der Waals surface area (Å²) in [6, 6.07) is 11.4. The van der Waals surface area contributed by atoms with Gasteiger partial charge < -0.3 is 14.8 Å². The summed E-state index contributed by atoms with van der Waals surface area (Å²) in [6.45, 7) is 0.614. The molecule has 1 aromatic carbocycles. The molecule has 0 aliphatic heterocycles. The average molecular weight is 323 g/mol. The molecule has 5 heteroatoms. The summed E-state index contributed by atoms with van der Waals surface area (Å²) in [4.78, 5) is 4.37. The Balaban J connectivity index is 2.14. The summed E-state index contributed by atoms with van der Waals surface area (Å²) in [5, 5.41) is 3.29. The minimum absolute atomic E-state index is 0.614. The molecule has 0 bridgehead atoms. The standard InChI is InChI=1S/C14H15BrN2O2/c1-18-11-6-7-13(19-2)12(8-11)16-9-10-4-3-5-14(15)17-10/h3-8,16H,9H2,1-2H3. The normalized spacial score (nSPS) is 10.1. The van der Waals surface area contributed by atoms with E-state index in [0.717, 1.165) is 27.5 Å². The summed E-state index contributed by atoms with van der Waals surface area (Å²) in [7, 11) is 3.28. The van der Waals surface area contributed by atoms with E-state index in [9.17, 15) is 0 Å². The quantitative estimate of drug-likeness (QED) is 0.856. The van der Waals surface area contributed by atoms with Gasteiger partial charge in [0.05, 0.1) is 32.1 Å². The van der Waals surface area contributed by atoms with Crippen LogP contribution in [0.1, 0.15) is 5.69 Å². The lowest BCUT2D eigenvalue weighted by atomic mass is 10.2. The van der Waals surface area contributed by atoms with E-state index in [1.54, 1.807) is 14.2 Å². The summed E-state index contributed by atoms with van der Waals surface area (Å²) >= 11 is 3.36. The first kappa shape index (κ1) is 13.7. The molecule has 0 aliphatic carbocycles. The molecule has 2 aromatic rings. The van der Waals surface area contributed by atoms with Crippen LogP contribution in [0.5, 0.6) is 11.5 Å². The van der Waals surface area contributed by atoms with E-state index < -0.39 is 0 Å². The Kier molecular flexibility index (Phi) is 4.63. The fourth-order valence-corrected chi connectivity index (χ4v) is 2.07. The van der Waals surface area contributed by atoms with Crippen LogP contribution in [0.4, 0.5) is 5.69 Å². The van der Waals surface area contributed by atoms with Crippen molar-refractivity contribution in [2.24, 2.45) is 0 Å². The van der Waals surface area contributed by atoms with Gasteiger partial charge in [0.1, 0.15) is 16.1 Å². The number of hydrogen-bond acceptors (Lipinski definition) is 4. The molecule has 19 heavy (non-hydrogen) atoms. The molecule has 0 amide bonds. The zero-order valence-electron chi connectivity index (χ0n) is 10.8. The first-order valence-corrected chi connectivity index (χ1v) is 6.59. The molecule has 0 fully saturated rings. The highest BCUT2D eigenvalue weighted by Gasteiger charge is 2.05. The number of nitrogens with zero attached hydrogens (tertiary/aromatic N) is 1. The van der Waals surface area contributed by atoms with Crippen LogP contribution in [-0.2, 0) is 6.54 Å². The molecule has 1 heterocycles. The first-order valence-electron chi connectivity index (χ1n) is 5.80. The SMILES string of the molecule is COc1ccc(OC)c(NCc2cccc(Br)n2)c1. The maximum absolute atomic E-state index is 5.31. The molecule has 0 spiro atoms. The number of nitrogens with one attached hydrogen (secondary N) is 1. The third-order valence-electron chi connectivity index (χ3n) is 2.64. The number of pyridine rings is 1. The Morgan fingerprint density at radius 3 is 2.68 bits per heavy atom. The minimum atomic E-state index is 0.614. The zero-order chi connectivity index (χ0) is 13.7. The summed E-state index contributed by atoms with van der Waals surface area (Å²) in [5.74, 6) is 1.56. The number of ether oxygens (including phenoxy) is 2. The lowest BCUT2D eigenvalue weighted by Crippen LogP contribution is -2.03. The number of hydrogen-bond donors (Lipinski definition) is 1. The van der Waals surface area contributed by atoms with Crippen molar-refractivity contribution in [1.82, 2.24) is 4.98 Å². The van der Waals surface area contributed by atoms with E-state index >= 15 is 0 Å². The number of methoxy groups -OCH3 is 2. The second-order valence-corrected chi connectivity index (χ2v) is 4.68. The van der Waals surface area contributed by atoms with Crippen LogP contribution in [0.3, 0.4) is 0 Å². The van der Waals surface area contributed by atoms with Gasteiger partial charge in [-0.2, -0.15) is 0 Å². The number of aromatic nitrogens is 1. The molecular weight excluding hydrogens is 308 g/mol. The van der Waals surface area contributed by atoms with E-state index in [0.29, 0.717) is 6.54 Å². The van der Waals surface area contributed by atoms with Crippen molar-refractivity contribution in [2.45, 2.75) is 6.54 Å². The van der Waals surface area contributed by atoms with Crippen LogP contribution in [0, 0.1) is 0 Å². The predicted octanol–water partition coefficient (Wildman–Crippen LogP) is 3.47. The van der Waals surface area contributed by atoms with Crippen LogP contribution in [0.25, 0.3) is 0 Å². The third kappa shape index (κ3) is 3.61. The molecule has 0 aliphatic rings. The highest BCUT2D eigenvalue weighted by Crippen LogP contribution is 2.29. The second kappa shape index (κ2) is 6.43. The molecule has 0 unspecified atom stereocenters. The fraction of sp³-hybridized carbons (Fsp3) is 0.214. The van der Waals surface area contributed by atoms with E-state index in [-0.39, 0.29) is 0 Å². The predicted molar refractivity (Wildman–Crippen MR) is 78.8 cm³/mol. The van der Waals surface area contributed by atoms with E-state index in [1.807, 2.05) is 36.4 Å². The van der Waals surface area contributed by atoms with E-state index in [2.05, 4.69) is 26.2 Å². The van der Waals surface area contributed by atoms with Crippen LogP contribution >= 0.6 is 15.9 Å². The lowest BCUT2D eigenvalue weighted by molar-refractivity contribution is 0.404. The van der Waals surface area contributed by atoms with Gasteiger partial charge in [-0.1, -0.05) is 6.07 Å². The van der Waals surface area contributed by atoms with Crippen molar-refractivity contribution in [3.63, 3.8) is 0 Å². The Bertz CT molecular complexity index is 561. The van der Waals surface area contributed by atoms with Crippen LogP contribution in [-0.4, -0.2) is 19.2 Å². The Morgan fingerprint density at radius 1 is 1.16 bits per heavy atom. The minimum Gasteiger partial charge on any atom is -0.497 e. The average Bonchev–Trinajstić information content (AvgIpc) is 2.45. The Morgan fingerprint density at radius 2 is 2.00 bits per heavy atom. The molecule has 0 saturated carbocycles. The van der Waals surface area contributed by atoms with Crippen LogP contribution in [0.2, 0.25) is 0 Å². The number of anilines is 1. The van der Waals surface area contributed by atoms with Crippen LogP contribution in [0.15, 0.2) is 41.0 Å². The molecule has 4 nitrogen and oxygen atoms in total. The third-order valence-corrected chi connectivity index (χ3v) is 3.08. The van der Waals surface area contributed by atoms with E-state index in [4.69, 9.17) is 9.47 Å². The summed E-state index contributed by atoms with van der Waals surface area (Å²) in [5.41, 5.74) is 1.82. The Labute approximate surface area is 120 Å². The van der Waals surface area contributed by atoms with Gasteiger partial charge in [0, 0.05) is 6.07 Å². The fourth-order valence-electron chi connectivity index (χ4n) is 1.69. The van der Waals surface area contributed by atoms with Gasteiger partial charge in [0.25, 0.3) is 0 Å². The monoisotopic (exact) mass is 322 g/mol. The zero-order valence-corrected chi connectivity index (χ0v) is 12.4. The molecule has 1 aromatic heterocycles. The van der Waals surface area contributed by atoms with Crippen molar-refractivity contribution in [3.05, 3.63) is 46.7 Å². The lowest BCUT2D eigenvalue weighted by Gasteiger charge is -2.12. The van der Waals surface area contributed by atoms with Crippen LogP contribution < -0.4 is 14.8 Å². The molecular formula is C14H15BrN2O2. The summed E-state index contributed by atoms with van der Waals surface area (Å²) < 4.78 is 11.3. The molecule has 100 valence electrons. The molecule has 0 atom stereocenters. The van der Waals surface area contributed by atoms with Gasteiger partial charge in [0.15, 0.2) is 0 Å². The van der Waals surface area contributed by atoms with Crippen molar-refractivity contribution >= 4 is 21.6 Å². The maximum atomic E-state index is 5.31. The highest BCUT2D eigenvalue weighted by atomic mass is 79.9. The number of benzene rings is 1. The number of halogens is 1. The van der Waals surface area contributed by atoms with Gasteiger partial charge >= 0.3 is 0 Å².